The highest BCUT2D eigenvalue weighted by Gasteiger charge is 1.98. The summed E-state index contributed by atoms with van der Waals surface area (Å²) < 4.78 is 5.66. The maximum atomic E-state index is 11.0. The maximum absolute atomic E-state index is 11.0. The van der Waals surface area contributed by atoms with E-state index < -0.39 is 0 Å². The zero-order valence-electron chi connectivity index (χ0n) is 11.6. The normalized spacial score (nSPS) is 10.3. The Morgan fingerprint density at radius 1 is 1.06 bits per heavy atom. The van der Waals surface area contributed by atoms with Crippen molar-refractivity contribution in [2.45, 2.75) is 52.4 Å². The van der Waals surface area contributed by atoms with Gasteiger partial charge in [0.15, 0.2) is 0 Å². The van der Waals surface area contributed by atoms with Crippen molar-refractivity contribution >= 4 is 5.78 Å². The molecule has 0 fully saturated rings. The van der Waals surface area contributed by atoms with Gasteiger partial charge < -0.3 is 4.74 Å². The molecule has 2 heteroatoms. The third kappa shape index (κ3) is 6.43. The Kier molecular flexibility index (Phi) is 7.16. The summed E-state index contributed by atoms with van der Waals surface area (Å²) in [6.07, 6.45) is 6.78. The zero-order chi connectivity index (χ0) is 13.2. The summed E-state index contributed by atoms with van der Waals surface area (Å²) in [6, 6.07) is 7.83. The number of hydrogen-bond acceptors (Lipinski definition) is 2. The standard InChI is InChI=1S/C16H24O2/c1-3-4-5-6-7-12-18-16-10-8-15(9-11-16)13-14(2)17/h8-11H,3-7,12-13H2,1-2H3. The van der Waals surface area contributed by atoms with Crippen molar-refractivity contribution in [2.24, 2.45) is 0 Å². The van der Waals surface area contributed by atoms with Crippen LogP contribution in [0.15, 0.2) is 24.3 Å². The highest BCUT2D eigenvalue weighted by molar-refractivity contribution is 5.78. The van der Waals surface area contributed by atoms with E-state index in [9.17, 15) is 4.79 Å². The van der Waals surface area contributed by atoms with Gasteiger partial charge in [0.25, 0.3) is 0 Å². The van der Waals surface area contributed by atoms with Gasteiger partial charge >= 0.3 is 0 Å². The molecule has 0 aromatic heterocycles. The van der Waals surface area contributed by atoms with E-state index in [0.717, 1.165) is 24.3 Å². The monoisotopic (exact) mass is 248 g/mol. The van der Waals surface area contributed by atoms with Crippen LogP contribution in [0.25, 0.3) is 0 Å². The van der Waals surface area contributed by atoms with Crippen LogP contribution < -0.4 is 4.74 Å². The molecule has 100 valence electrons. The fourth-order valence-electron chi connectivity index (χ4n) is 1.89. The van der Waals surface area contributed by atoms with Crippen LogP contribution in [0.5, 0.6) is 5.75 Å². The predicted octanol–water partition coefficient (Wildman–Crippen LogP) is 4.17. The first-order valence-corrected chi connectivity index (χ1v) is 6.93. The highest BCUT2D eigenvalue weighted by Crippen LogP contribution is 2.13. The van der Waals surface area contributed by atoms with Crippen LogP contribution in [0.4, 0.5) is 0 Å². The van der Waals surface area contributed by atoms with E-state index in [2.05, 4.69) is 6.92 Å². The van der Waals surface area contributed by atoms with Crippen LogP contribution in [0.1, 0.15) is 51.5 Å². The van der Waals surface area contributed by atoms with E-state index in [1.807, 2.05) is 24.3 Å². The third-order valence-electron chi connectivity index (χ3n) is 2.89. The maximum Gasteiger partial charge on any atom is 0.134 e. The lowest BCUT2D eigenvalue weighted by molar-refractivity contribution is -0.116. The molecule has 0 saturated heterocycles. The number of unbranched alkanes of at least 4 members (excludes halogenated alkanes) is 4. The number of Topliss-reactive ketones (excluding diaryl/α,β-unsaturated/α-hetero) is 1. The minimum atomic E-state index is 0.194. The van der Waals surface area contributed by atoms with E-state index in [4.69, 9.17) is 4.74 Å². The Hall–Kier alpha value is -1.31. The molecule has 2 nitrogen and oxygen atoms in total. The average molecular weight is 248 g/mol. The Morgan fingerprint density at radius 3 is 2.33 bits per heavy atom. The number of ketones is 1. The Bertz CT molecular complexity index is 341. The molecule has 0 unspecified atom stereocenters. The third-order valence-corrected chi connectivity index (χ3v) is 2.89. The minimum Gasteiger partial charge on any atom is -0.494 e. The van der Waals surface area contributed by atoms with Crippen molar-refractivity contribution in [3.63, 3.8) is 0 Å². The molecule has 0 spiro atoms. The average Bonchev–Trinajstić information content (AvgIpc) is 2.35. The van der Waals surface area contributed by atoms with Crippen molar-refractivity contribution < 1.29 is 9.53 Å². The first kappa shape index (κ1) is 14.7. The van der Waals surface area contributed by atoms with Gasteiger partial charge in [0.05, 0.1) is 6.61 Å². The summed E-state index contributed by atoms with van der Waals surface area (Å²) in [6.45, 7) is 4.62. The molecule has 0 saturated carbocycles. The summed E-state index contributed by atoms with van der Waals surface area (Å²) >= 11 is 0. The van der Waals surface area contributed by atoms with Crippen LogP contribution in [-0.4, -0.2) is 12.4 Å². The second kappa shape index (κ2) is 8.73. The van der Waals surface area contributed by atoms with E-state index >= 15 is 0 Å². The minimum absolute atomic E-state index is 0.194. The topological polar surface area (TPSA) is 26.3 Å². The van der Waals surface area contributed by atoms with Gasteiger partial charge in [0, 0.05) is 6.42 Å². The summed E-state index contributed by atoms with van der Waals surface area (Å²) in [5.41, 5.74) is 1.05. The number of carbonyl (C=O) groups excluding carboxylic acids is 1. The SMILES string of the molecule is CCCCCCCOc1ccc(CC(C)=O)cc1. The Morgan fingerprint density at radius 2 is 1.72 bits per heavy atom. The molecule has 0 aliphatic heterocycles. The molecular formula is C16H24O2. The highest BCUT2D eigenvalue weighted by atomic mass is 16.5. The van der Waals surface area contributed by atoms with Crippen molar-refractivity contribution in [1.29, 1.82) is 0 Å². The molecule has 1 aromatic carbocycles. The molecule has 0 radical (unpaired) electrons. The lowest BCUT2D eigenvalue weighted by Gasteiger charge is -2.06. The molecular weight excluding hydrogens is 224 g/mol. The van der Waals surface area contributed by atoms with Crippen molar-refractivity contribution in [3.05, 3.63) is 29.8 Å². The molecule has 0 amide bonds. The van der Waals surface area contributed by atoms with E-state index in [0.29, 0.717) is 6.42 Å². The Balaban J connectivity index is 2.20. The van der Waals surface area contributed by atoms with Gasteiger partial charge in [0.2, 0.25) is 0 Å². The molecule has 0 atom stereocenters. The quantitative estimate of drug-likeness (QED) is 0.613. The van der Waals surface area contributed by atoms with Gasteiger partial charge in [0.1, 0.15) is 11.5 Å². The second-order valence-corrected chi connectivity index (χ2v) is 4.79. The molecule has 0 N–H and O–H groups in total. The van der Waals surface area contributed by atoms with Crippen LogP contribution in [0.2, 0.25) is 0 Å². The molecule has 0 aliphatic rings. The van der Waals surface area contributed by atoms with Crippen LogP contribution in [-0.2, 0) is 11.2 Å². The fourth-order valence-corrected chi connectivity index (χ4v) is 1.89. The first-order chi connectivity index (χ1) is 8.72. The number of rotatable bonds is 9. The molecule has 0 heterocycles. The zero-order valence-corrected chi connectivity index (χ0v) is 11.6. The van der Waals surface area contributed by atoms with Crippen molar-refractivity contribution in [2.75, 3.05) is 6.61 Å². The van der Waals surface area contributed by atoms with Gasteiger partial charge in [-0.15, -0.1) is 0 Å². The fraction of sp³-hybridized carbons (Fsp3) is 0.562. The number of hydrogen-bond donors (Lipinski definition) is 0. The van der Waals surface area contributed by atoms with Gasteiger partial charge in [-0.1, -0.05) is 44.7 Å². The van der Waals surface area contributed by atoms with Gasteiger partial charge in [-0.3, -0.25) is 4.79 Å². The number of ether oxygens (including phenoxy) is 1. The molecule has 0 bridgehead atoms. The van der Waals surface area contributed by atoms with Crippen molar-refractivity contribution in [3.8, 4) is 5.75 Å². The van der Waals surface area contributed by atoms with E-state index in [1.54, 1.807) is 6.92 Å². The van der Waals surface area contributed by atoms with Crippen LogP contribution in [0, 0.1) is 0 Å². The second-order valence-electron chi connectivity index (χ2n) is 4.79. The summed E-state index contributed by atoms with van der Waals surface area (Å²) in [4.78, 5) is 11.0. The number of benzene rings is 1. The predicted molar refractivity (Wildman–Crippen MR) is 75.1 cm³/mol. The smallest absolute Gasteiger partial charge is 0.134 e. The van der Waals surface area contributed by atoms with Gasteiger partial charge in [-0.05, 0) is 31.0 Å². The van der Waals surface area contributed by atoms with E-state index in [-0.39, 0.29) is 5.78 Å². The van der Waals surface area contributed by atoms with Crippen molar-refractivity contribution in [1.82, 2.24) is 0 Å². The Labute approximate surface area is 110 Å². The first-order valence-electron chi connectivity index (χ1n) is 6.93. The molecule has 1 rings (SSSR count). The summed E-state index contributed by atoms with van der Waals surface area (Å²) in [7, 11) is 0. The summed E-state index contributed by atoms with van der Waals surface area (Å²) in [5.74, 6) is 1.09. The number of carbonyl (C=O) groups is 1. The van der Waals surface area contributed by atoms with Gasteiger partial charge in [-0.25, -0.2) is 0 Å². The largest absolute Gasteiger partial charge is 0.494 e. The lowest BCUT2D eigenvalue weighted by Crippen LogP contribution is -1.99. The van der Waals surface area contributed by atoms with Crippen LogP contribution >= 0.6 is 0 Å². The lowest BCUT2D eigenvalue weighted by atomic mass is 10.1. The molecule has 1 aromatic rings. The summed E-state index contributed by atoms with van der Waals surface area (Å²) in [5, 5.41) is 0. The van der Waals surface area contributed by atoms with E-state index in [1.165, 1.54) is 25.7 Å². The molecule has 18 heavy (non-hydrogen) atoms. The van der Waals surface area contributed by atoms with Crippen LogP contribution in [0.3, 0.4) is 0 Å². The molecule has 0 aliphatic carbocycles. The van der Waals surface area contributed by atoms with Gasteiger partial charge in [-0.2, -0.15) is 0 Å².